The molecule has 61 heavy (non-hydrogen) atoms. The lowest BCUT2D eigenvalue weighted by Gasteiger charge is -2.40. The Kier molecular flexibility index (Phi) is 10.9. The molecule has 7 heterocycles. The van der Waals surface area contributed by atoms with Gasteiger partial charge in [-0.25, -0.2) is 4.98 Å². The Morgan fingerprint density at radius 1 is 1.03 bits per heavy atom. The monoisotopic (exact) mass is 843 g/mol. The molecule has 2 amide bonds. The third kappa shape index (κ3) is 7.90. The van der Waals surface area contributed by atoms with Crippen molar-refractivity contribution in [3.63, 3.8) is 0 Å². The first-order chi connectivity index (χ1) is 29.3. The first-order valence-corrected chi connectivity index (χ1v) is 22.1. The molecule has 0 saturated carbocycles. The number of thiazole rings is 1. The van der Waals surface area contributed by atoms with E-state index in [0.29, 0.717) is 28.9 Å². The van der Waals surface area contributed by atoms with Gasteiger partial charge in [0.05, 0.1) is 33.4 Å². The van der Waals surface area contributed by atoms with Gasteiger partial charge in [0.25, 0.3) is 0 Å². The molecule has 3 atom stereocenters. The minimum atomic E-state index is -0.828. The molecule has 4 aromatic heterocycles. The van der Waals surface area contributed by atoms with Crippen molar-refractivity contribution in [1.82, 2.24) is 40.4 Å². The van der Waals surface area contributed by atoms with Crippen LogP contribution in [0.2, 0.25) is 0 Å². The zero-order valence-electron chi connectivity index (χ0n) is 35.3. The van der Waals surface area contributed by atoms with Crippen LogP contribution in [0.1, 0.15) is 81.2 Å². The van der Waals surface area contributed by atoms with E-state index < -0.39 is 23.6 Å². The number of aromatic amines is 1. The number of H-pyrrole nitrogens is 1. The number of carbonyl (C=O) groups excluding carboxylic acids is 2. The van der Waals surface area contributed by atoms with Crippen molar-refractivity contribution >= 4 is 40.0 Å². The highest BCUT2D eigenvalue weighted by Crippen LogP contribution is 2.37. The van der Waals surface area contributed by atoms with Gasteiger partial charge in [-0.1, -0.05) is 55.4 Å². The van der Waals surface area contributed by atoms with Gasteiger partial charge in [-0.3, -0.25) is 14.5 Å². The molecule has 3 aliphatic rings. The second-order valence-corrected chi connectivity index (χ2v) is 18.5. The van der Waals surface area contributed by atoms with Crippen LogP contribution in [0.4, 0.5) is 5.82 Å². The average Bonchev–Trinajstić information content (AvgIpc) is 4.07. The Balaban J connectivity index is 0.841. The topological polar surface area (TPSA) is 177 Å². The number of fused-ring (bicyclic) bond motifs is 3. The van der Waals surface area contributed by atoms with Gasteiger partial charge in [-0.2, -0.15) is 0 Å². The van der Waals surface area contributed by atoms with E-state index in [-0.39, 0.29) is 36.4 Å². The van der Waals surface area contributed by atoms with Gasteiger partial charge in [0.15, 0.2) is 17.2 Å². The number of benzene rings is 2. The molecular formula is C46H53N9O5S. The van der Waals surface area contributed by atoms with Crippen molar-refractivity contribution in [3.05, 3.63) is 94.4 Å². The lowest BCUT2D eigenvalue weighted by atomic mass is 9.91. The van der Waals surface area contributed by atoms with Crippen LogP contribution in [0.3, 0.4) is 0 Å². The summed E-state index contributed by atoms with van der Waals surface area (Å²) >= 11 is 1.60. The van der Waals surface area contributed by atoms with E-state index in [1.807, 2.05) is 88.7 Å². The molecule has 0 unspecified atom stereocenters. The molecule has 318 valence electrons. The van der Waals surface area contributed by atoms with E-state index >= 15 is 0 Å². The summed E-state index contributed by atoms with van der Waals surface area (Å²) in [6, 6.07) is 18.8. The van der Waals surface area contributed by atoms with Crippen molar-refractivity contribution in [3.8, 4) is 27.4 Å². The number of aromatic nitrogens is 5. The normalized spacial score (nSPS) is 19.5. The van der Waals surface area contributed by atoms with Crippen LogP contribution >= 0.6 is 11.3 Å². The highest BCUT2D eigenvalue weighted by atomic mass is 32.1. The molecule has 0 radical (unpaired) electrons. The molecule has 9 rings (SSSR count). The molecule has 15 heteroatoms. The smallest absolute Gasteiger partial charge is 0.243 e. The summed E-state index contributed by atoms with van der Waals surface area (Å²) in [7, 11) is 0. The average molecular weight is 844 g/mol. The molecule has 2 aromatic carbocycles. The first kappa shape index (κ1) is 40.7. The number of para-hydroxylation sites is 1. The van der Waals surface area contributed by atoms with Crippen molar-refractivity contribution in [1.29, 1.82) is 0 Å². The Hall–Kier alpha value is -5.64. The van der Waals surface area contributed by atoms with Crippen LogP contribution in [-0.2, 0) is 28.1 Å². The summed E-state index contributed by atoms with van der Waals surface area (Å²) in [4.78, 5) is 43.7. The Labute approximate surface area is 359 Å². The summed E-state index contributed by atoms with van der Waals surface area (Å²) in [5.74, 6) is -0.0357. The molecule has 6 aromatic rings. The maximum absolute atomic E-state index is 14.4. The van der Waals surface area contributed by atoms with Crippen LogP contribution in [0.25, 0.3) is 32.7 Å². The fraction of sp³-hybridized carbons (Fsp3) is 0.435. The zero-order valence-corrected chi connectivity index (χ0v) is 36.1. The summed E-state index contributed by atoms with van der Waals surface area (Å²) in [5, 5.41) is 38.8. The SMILES string of the molecule is Cc1ncsc1-c1ccc(C(C)(C)NC(=O)[C@@H]2C[C@@H](O)CN2C(=O)[C@@H](c2cc(N3CCC(N4CCc5[nH]c6nnc(-c7ccccc7O)cc6c5C4)CC3)no2)C(C)C)cc1. The number of rotatable bonds is 10. The van der Waals surface area contributed by atoms with Gasteiger partial charge < -0.3 is 34.8 Å². The molecule has 0 aliphatic carbocycles. The van der Waals surface area contributed by atoms with Crippen LogP contribution in [0.5, 0.6) is 5.75 Å². The zero-order chi connectivity index (χ0) is 42.6. The molecule has 2 fully saturated rings. The number of hydrogen-bond donors (Lipinski definition) is 4. The number of β-amino-alcohol motifs (C(OH)–C–C–N with tert-alkyl or cyclic N) is 1. The number of hydrogen-bond acceptors (Lipinski definition) is 12. The van der Waals surface area contributed by atoms with Crippen LogP contribution in [-0.4, -0.2) is 102 Å². The molecule has 4 N–H and O–H groups in total. The van der Waals surface area contributed by atoms with E-state index in [9.17, 15) is 19.8 Å². The Bertz CT molecular complexity index is 2560. The van der Waals surface area contributed by atoms with Gasteiger partial charge in [0.1, 0.15) is 17.7 Å². The lowest BCUT2D eigenvalue weighted by molar-refractivity contribution is -0.141. The van der Waals surface area contributed by atoms with Gasteiger partial charge >= 0.3 is 0 Å². The van der Waals surface area contributed by atoms with Crippen LogP contribution in [0, 0.1) is 12.8 Å². The Morgan fingerprint density at radius 2 is 1.80 bits per heavy atom. The number of aromatic hydroxyl groups is 1. The molecule has 2 saturated heterocycles. The van der Waals surface area contributed by atoms with E-state index in [0.717, 1.165) is 78.2 Å². The fourth-order valence-corrected chi connectivity index (χ4v) is 10.3. The quantitative estimate of drug-likeness (QED) is 0.118. The van der Waals surface area contributed by atoms with E-state index in [4.69, 9.17) is 4.52 Å². The fourth-order valence-electron chi connectivity index (χ4n) is 9.50. The van der Waals surface area contributed by atoms with Crippen LogP contribution in [0.15, 0.2) is 70.7 Å². The number of anilines is 1. The summed E-state index contributed by atoms with van der Waals surface area (Å²) in [6.45, 7) is 13.2. The third-order valence-electron chi connectivity index (χ3n) is 12.9. The number of nitrogens with zero attached hydrogens (tertiary/aromatic N) is 7. The maximum atomic E-state index is 14.4. The molecule has 0 bridgehead atoms. The predicted molar refractivity (Wildman–Crippen MR) is 234 cm³/mol. The number of likely N-dealkylation sites (tertiary alicyclic amines) is 1. The summed E-state index contributed by atoms with van der Waals surface area (Å²) < 4.78 is 5.94. The van der Waals surface area contributed by atoms with Crippen molar-refractivity contribution < 1.29 is 24.3 Å². The number of aliphatic hydroxyl groups excluding tert-OH is 1. The van der Waals surface area contributed by atoms with Crippen molar-refractivity contribution in [2.75, 3.05) is 31.1 Å². The molecule has 3 aliphatic heterocycles. The minimum absolute atomic E-state index is 0.0691. The standard InChI is InChI=1S/C46H53N9O5S/c1-26(2)41(45(59)55-23-31(56)20-37(55)44(58)49-46(4,5)29-12-10-28(11-13-29)42-27(3)47-25-61-42)39-22-40(52-60-39)53-17-14-30(15-18-53)54-19-16-35-34(24-54)33-21-36(50-51-43(33)48-35)32-8-6-7-9-38(32)57/h6-13,21-22,25-26,30-31,37,41,56-57H,14-20,23-24H2,1-5H3,(H,48,51)(H,49,58)/t31-,37+,41-/m1/s1. The van der Waals surface area contributed by atoms with E-state index in [1.165, 1.54) is 16.2 Å². The maximum Gasteiger partial charge on any atom is 0.243 e. The molecule has 14 nitrogen and oxygen atoms in total. The van der Waals surface area contributed by atoms with Crippen molar-refractivity contribution in [2.45, 2.75) is 96.5 Å². The number of phenols is 1. The molecular weight excluding hydrogens is 791 g/mol. The Morgan fingerprint density at radius 3 is 2.52 bits per heavy atom. The number of phenolic OH excluding ortho intramolecular Hbond substituents is 1. The second kappa shape index (κ2) is 16.3. The van der Waals surface area contributed by atoms with Gasteiger partial charge in [0, 0.05) is 74.3 Å². The van der Waals surface area contributed by atoms with E-state index in [2.05, 4.69) is 40.4 Å². The summed E-state index contributed by atoms with van der Waals surface area (Å²) in [5.41, 5.74) is 8.60. The third-order valence-corrected chi connectivity index (χ3v) is 13.9. The predicted octanol–water partition coefficient (Wildman–Crippen LogP) is 6.53. The number of carbonyl (C=O) groups is 2. The number of aliphatic hydroxyl groups is 1. The number of nitrogens with one attached hydrogen (secondary N) is 2. The molecule has 0 spiro atoms. The number of piperidine rings is 1. The second-order valence-electron chi connectivity index (χ2n) is 17.7. The highest BCUT2D eigenvalue weighted by Gasteiger charge is 2.44. The largest absolute Gasteiger partial charge is 0.507 e. The summed E-state index contributed by atoms with van der Waals surface area (Å²) in [6.07, 6.45) is 2.13. The van der Waals surface area contributed by atoms with Gasteiger partial charge in [-0.15, -0.1) is 21.5 Å². The van der Waals surface area contributed by atoms with Crippen LogP contribution < -0.4 is 10.2 Å². The number of amides is 2. The van der Waals surface area contributed by atoms with E-state index in [1.54, 1.807) is 23.5 Å². The first-order valence-electron chi connectivity index (χ1n) is 21.3. The van der Waals surface area contributed by atoms with Gasteiger partial charge in [-0.05, 0) is 74.4 Å². The minimum Gasteiger partial charge on any atom is -0.507 e. The van der Waals surface area contributed by atoms with Crippen molar-refractivity contribution in [2.24, 2.45) is 5.92 Å². The highest BCUT2D eigenvalue weighted by molar-refractivity contribution is 7.13. The number of aryl methyl sites for hydroxylation is 1. The lowest BCUT2D eigenvalue weighted by Crippen LogP contribution is -2.52. The van der Waals surface area contributed by atoms with Gasteiger partial charge in [0.2, 0.25) is 11.8 Å².